The molecule has 150 valence electrons. The molecule has 0 bridgehead atoms. The number of carbonyl (C=O) groups excluding carboxylic acids is 1. The molecule has 0 aliphatic carbocycles. The zero-order chi connectivity index (χ0) is 21.0. The van der Waals surface area contributed by atoms with Crippen molar-refractivity contribution in [1.29, 1.82) is 0 Å². The van der Waals surface area contributed by atoms with Crippen LogP contribution >= 0.6 is 11.3 Å². The summed E-state index contributed by atoms with van der Waals surface area (Å²) in [5, 5.41) is 4.97. The van der Waals surface area contributed by atoms with Crippen LogP contribution in [0.2, 0.25) is 0 Å². The maximum absolute atomic E-state index is 12.8. The Morgan fingerprint density at radius 3 is 2.37 bits per heavy atom. The van der Waals surface area contributed by atoms with Crippen molar-refractivity contribution >= 4 is 38.1 Å². The zero-order valence-corrected chi connectivity index (χ0v) is 17.2. The van der Waals surface area contributed by atoms with Crippen molar-refractivity contribution in [2.75, 3.05) is 10.0 Å². The highest BCUT2D eigenvalue weighted by atomic mass is 32.2. The summed E-state index contributed by atoms with van der Waals surface area (Å²) in [6, 6.07) is 19.0. The van der Waals surface area contributed by atoms with Crippen LogP contribution in [-0.4, -0.2) is 24.3 Å². The van der Waals surface area contributed by atoms with Crippen molar-refractivity contribution in [1.82, 2.24) is 9.97 Å². The Morgan fingerprint density at radius 2 is 1.63 bits per heavy atom. The molecule has 0 aliphatic heterocycles. The molecule has 0 aliphatic rings. The summed E-state index contributed by atoms with van der Waals surface area (Å²) in [7, 11) is -3.86. The van der Waals surface area contributed by atoms with E-state index >= 15 is 0 Å². The van der Waals surface area contributed by atoms with Crippen LogP contribution in [0.4, 0.5) is 10.8 Å². The van der Waals surface area contributed by atoms with Gasteiger partial charge in [-0.3, -0.25) is 19.8 Å². The lowest BCUT2D eigenvalue weighted by atomic mass is 10.2. The number of hydrogen-bond donors (Lipinski definition) is 2. The van der Waals surface area contributed by atoms with E-state index in [4.69, 9.17) is 0 Å². The van der Waals surface area contributed by atoms with Gasteiger partial charge in [-0.2, -0.15) is 0 Å². The predicted molar refractivity (Wildman–Crippen MR) is 117 cm³/mol. The predicted octanol–water partition coefficient (Wildman–Crippen LogP) is 4.26. The highest BCUT2D eigenvalue weighted by Crippen LogP contribution is 2.26. The fourth-order valence-corrected chi connectivity index (χ4v) is 4.51. The number of amides is 1. The van der Waals surface area contributed by atoms with Crippen molar-refractivity contribution in [3.8, 4) is 11.3 Å². The fourth-order valence-electron chi connectivity index (χ4n) is 2.71. The van der Waals surface area contributed by atoms with Gasteiger partial charge in [0.15, 0.2) is 5.13 Å². The van der Waals surface area contributed by atoms with E-state index in [1.54, 1.807) is 18.2 Å². The van der Waals surface area contributed by atoms with Gasteiger partial charge >= 0.3 is 0 Å². The first-order valence-electron chi connectivity index (χ1n) is 8.87. The van der Waals surface area contributed by atoms with Gasteiger partial charge < -0.3 is 0 Å². The molecule has 0 radical (unpaired) electrons. The molecule has 0 spiro atoms. The Labute approximate surface area is 177 Å². The number of nitrogens with zero attached hydrogens (tertiary/aromatic N) is 2. The Bertz CT molecular complexity index is 1270. The Kier molecular flexibility index (Phi) is 5.55. The van der Waals surface area contributed by atoms with Gasteiger partial charge in [0.05, 0.1) is 28.0 Å². The maximum Gasteiger partial charge on any atom is 0.261 e. The van der Waals surface area contributed by atoms with Crippen molar-refractivity contribution in [3.05, 3.63) is 90.1 Å². The van der Waals surface area contributed by atoms with Crippen molar-refractivity contribution < 1.29 is 13.2 Å². The molecule has 0 saturated carbocycles. The number of carbonyl (C=O) groups is 1. The summed E-state index contributed by atoms with van der Waals surface area (Å²) in [6.45, 7) is 0. The largest absolute Gasteiger partial charge is 0.298 e. The van der Waals surface area contributed by atoms with Crippen LogP contribution in [0.25, 0.3) is 11.3 Å². The highest BCUT2D eigenvalue weighted by Gasteiger charge is 2.19. The molecule has 1 amide bonds. The lowest BCUT2D eigenvalue weighted by Crippen LogP contribution is -2.18. The lowest BCUT2D eigenvalue weighted by molar-refractivity contribution is 0.102. The van der Waals surface area contributed by atoms with Crippen molar-refractivity contribution in [2.24, 2.45) is 0 Å². The van der Waals surface area contributed by atoms with Crippen molar-refractivity contribution in [3.63, 3.8) is 0 Å². The molecule has 0 unspecified atom stereocenters. The number of rotatable bonds is 6. The second-order valence-electron chi connectivity index (χ2n) is 6.20. The number of aromatic nitrogens is 2. The van der Waals surface area contributed by atoms with E-state index in [1.165, 1.54) is 41.9 Å². The smallest absolute Gasteiger partial charge is 0.261 e. The summed E-state index contributed by atoms with van der Waals surface area (Å²) in [5.74, 6) is -0.489. The summed E-state index contributed by atoms with van der Waals surface area (Å²) in [4.78, 5) is 21.3. The van der Waals surface area contributed by atoms with E-state index in [1.807, 2.05) is 35.7 Å². The number of benzene rings is 2. The van der Waals surface area contributed by atoms with Crippen LogP contribution in [0.5, 0.6) is 0 Å². The Balaban J connectivity index is 1.55. The standard InChI is InChI=1S/C21H16N4O3S2/c26-20(24-21-23-19(14-29-21)15-7-3-1-4-8-15)17-11-12-22-13-18(17)25-30(27,28)16-9-5-2-6-10-16/h1-14,25H,(H,23,24,26). The third-order valence-electron chi connectivity index (χ3n) is 4.16. The first-order chi connectivity index (χ1) is 14.5. The molecule has 2 heterocycles. The summed E-state index contributed by atoms with van der Waals surface area (Å²) < 4.78 is 27.7. The van der Waals surface area contributed by atoms with E-state index in [-0.39, 0.29) is 16.1 Å². The number of pyridine rings is 1. The molecule has 30 heavy (non-hydrogen) atoms. The van der Waals surface area contributed by atoms with Crippen LogP contribution in [0.1, 0.15) is 10.4 Å². The van der Waals surface area contributed by atoms with Gasteiger partial charge in [-0.15, -0.1) is 11.3 Å². The number of sulfonamides is 1. The van der Waals surface area contributed by atoms with E-state index in [0.717, 1.165) is 11.3 Å². The number of hydrogen-bond acceptors (Lipinski definition) is 6. The van der Waals surface area contributed by atoms with E-state index < -0.39 is 15.9 Å². The fraction of sp³-hybridized carbons (Fsp3) is 0. The summed E-state index contributed by atoms with van der Waals surface area (Å²) >= 11 is 1.29. The van der Waals surface area contributed by atoms with E-state index in [2.05, 4.69) is 20.0 Å². The molecular weight excluding hydrogens is 420 g/mol. The van der Waals surface area contributed by atoms with Crippen LogP contribution < -0.4 is 10.0 Å². The molecule has 2 aromatic heterocycles. The van der Waals surface area contributed by atoms with Gasteiger partial charge in [-0.25, -0.2) is 13.4 Å². The number of thiazole rings is 1. The van der Waals surface area contributed by atoms with Gasteiger partial charge in [0, 0.05) is 17.1 Å². The molecule has 2 N–H and O–H groups in total. The average molecular weight is 437 g/mol. The number of nitrogens with one attached hydrogen (secondary N) is 2. The molecule has 0 atom stereocenters. The van der Waals surface area contributed by atoms with Crippen LogP contribution in [0.15, 0.2) is 89.4 Å². The van der Waals surface area contributed by atoms with Crippen molar-refractivity contribution in [2.45, 2.75) is 4.90 Å². The first kappa shape index (κ1) is 19.7. The monoisotopic (exact) mass is 436 g/mol. The minimum Gasteiger partial charge on any atom is -0.298 e. The van der Waals surface area contributed by atoms with Crippen LogP contribution in [-0.2, 0) is 10.0 Å². The number of anilines is 2. The second-order valence-corrected chi connectivity index (χ2v) is 8.74. The molecule has 9 heteroatoms. The topological polar surface area (TPSA) is 101 Å². The van der Waals surface area contributed by atoms with E-state index in [0.29, 0.717) is 5.13 Å². The second kappa shape index (κ2) is 8.44. The molecule has 4 aromatic rings. The quantitative estimate of drug-likeness (QED) is 0.470. The van der Waals surface area contributed by atoms with Gasteiger partial charge in [0.2, 0.25) is 0 Å². The third kappa shape index (κ3) is 4.37. The molecular formula is C21H16N4O3S2. The van der Waals surface area contributed by atoms with Gasteiger partial charge in [-0.1, -0.05) is 48.5 Å². The Hall–Kier alpha value is -3.56. The van der Waals surface area contributed by atoms with Gasteiger partial charge in [0.1, 0.15) is 0 Å². The molecule has 4 rings (SSSR count). The van der Waals surface area contributed by atoms with Gasteiger partial charge in [-0.05, 0) is 18.2 Å². The normalized spacial score (nSPS) is 11.1. The molecule has 0 fully saturated rings. The molecule has 2 aromatic carbocycles. The SMILES string of the molecule is O=C(Nc1nc(-c2ccccc2)cs1)c1ccncc1NS(=O)(=O)c1ccccc1. The molecule has 7 nitrogen and oxygen atoms in total. The lowest BCUT2D eigenvalue weighted by Gasteiger charge is -2.11. The maximum atomic E-state index is 12.8. The van der Waals surface area contributed by atoms with E-state index in [9.17, 15) is 13.2 Å². The highest BCUT2D eigenvalue weighted by molar-refractivity contribution is 7.92. The zero-order valence-electron chi connectivity index (χ0n) is 15.5. The van der Waals surface area contributed by atoms with Gasteiger partial charge in [0.25, 0.3) is 15.9 Å². The third-order valence-corrected chi connectivity index (χ3v) is 6.30. The van der Waals surface area contributed by atoms with Crippen LogP contribution in [0, 0.1) is 0 Å². The summed E-state index contributed by atoms with van der Waals surface area (Å²) in [5.41, 5.74) is 1.91. The first-order valence-corrected chi connectivity index (χ1v) is 11.2. The molecule has 0 saturated heterocycles. The minimum atomic E-state index is -3.86. The Morgan fingerprint density at radius 1 is 0.933 bits per heavy atom. The minimum absolute atomic E-state index is 0.0821. The average Bonchev–Trinajstić information content (AvgIpc) is 3.23. The van der Waals surface area contributed by atoms with Crippen LogP contribution in [0.3, 0.4) is 0 Å². The summed E-state index contributed by atoms with van der Waals surface area (Å²) in [6.07, 6.45) is 2.72.